The summed E-state index contributed by atoms with van der Waals surface area (Å²) in [7, 11) is 0. The highest BCUT2D eigenvalue weighted by Gasteiger charge is 2.29. The van der Waals surface area contributed by atoms with E-state index in [1.165, 1.54) is 6.08 Å². The van der Waals surface area contributed by atoms with Gasteiger partial charge in [-0.1, -0.05) is 18.2 Å². The third-order valence-corrected chi connectivity index (χ3v) is 7.91. The number of fused-ring (bicyclic) bond motifs is 1. The summed E-state index contributed by atoms with van der Waals surface area (Å²) >= 11 is 7.00. The van der Waals surface area contributed by atoms with E-state index in [2.05, 4.69) is 38.5 Å². The van der Waals surface area contributed by atoms with Gasteiger partial charge in [0.2, 0.25) is 5.91 Å². The van der Waals surface area contributed by atoms with Gasteiger partial charge in [0.1, 0.15) is 11.5 Å². The fourth-order valence-electron chi connectivity index (χ4n) is 5.41. The minimum atomic E-state index is -0.0361. The number of aryl methyl sites for hydroxylation is 1. The van der Waals surface area contributed by atoms with Crippen LogP contribution in [0.4, 0.5) is 5.82 Å². The van der Waals surface area contributed by atoms with Crippen molar-refractivity contribution in [3.8, 4) is 28.2 Å². The SMILES string of the molecule is C=CC(=O)N1CCC(n2nc(-c3ccc(-n4ccc(N)n4)nc3)c(-c3c(Cl)c(C)cc4[nH]ncc34)c2C)CC1. The average molecular weight is 542 g/mol. The minimum Gasteiger partial charge on any atom is -0.382 e. The molecule has 1 amide bonds. The van der Waals surface area contributed by atoms with E-state index >= 15 is 0 Å². The second-order valence-corrected chi connectivity index (χ2v) is 10.2. The summed E-state index contributed by atoms with van der Waals surface area (Å²) in [6.45, 7) is 9.00. The number of hydrogen-bond donors (Lipinski definition) is 2. The molecule has 0 aliphatic carbocycles. The number of pyridine rings is 1. The predicted octanol–water partition coefficient (Wildman–Crippen LogP) is 4.88. The highest BCUT2D eigenvalue weighted by molar-refractivity contribution is 6.36. The molecule has 5 heterocycles. The van der Waals surface area contributed by atoms with Gasteiger partial charge in [-0.2, -0.15) is 10.2 Å². The van der Waals surface area contributed by atoms with Gasteiger partial charge in [0.15, 0.2) is 5.82 Å². The number of nitrogens with zero attached hydrogens (tertiary/aromatic N) is 7. The number of nitrogens with one attached hydrogen (secondary N) is 1. The molecule has 39 heavy (non-hydrogen) atoms. The number of aromatic amines is 1. The first-order chi connectivity index (χ1) is 18.9. The van der Waals surface area contributed by atoms with E-state index in [1.54, 1.807) is 29.3 Å². The van der Waals surface area contributed by atoms with Crippen LogP contribution in [0.5, 0.6) is 0 Å². The molecule has 10 nitrogen and oxygen atoms in total. The van der Waals surface area contributed by atoms with Gasteiger partial charge in [-0.15, -0.1) is 5.10 Å². The normalized spacial score (nSPS) is 14.3. The van der Waals surface area contributed by atoms with Crippen LogP contribution < -0.4 is 5.73 Å². The zero-order valence-electron chi connectivity index (χ0n) is 21.7. The Morgan fingerprint density at radius 2 is 1.95 bits per heavy atom. The van der Waals surface area contributed by atoms with Gasteiger partial charge in [0.25, 0.3) is 0 Å². The van der Waals surface area contributed by atoms with Gasteiger partial charge in [0, 0.05) is 59.3 Å². The van der Waals surface area contributed by atoms with Crippen LogP contribution in [-0.4, -0.2) is 58.6 Å². The Hall–Kier alpha value is -4.44. The van der Waals surface area contributed by atoms with E-state index in [-0.39, 0.29) is 11.9 Å². The number of carbonyl (C=O) groups excluding carboxylic acids is 1. The molecule has 0 saturated carbocycles. The lowest BCUT2D eigenvalue weighted by atomic mass is 9.95. The lowest BCUT2D eigenvalue weighted by Crippen LogP contribution is -2.38. The second kappa shape index (κ2) is 9.70. The highest BCUT2D eigenvalue weighted by Crippen LogP contribution is 2.44. The molecule has 5 aromatic rings. The molecule has 1 aliphatic rings. The van der Waals surface area contributed by atoms with Gasteiger partial charge in [-0.25, -0.2) is 9.67 Å². The number of nitrogen functional groups attached to an aromatic ring is 1. The summed E-state index contributed by atoms with van der Waals surface area (Å²) in [4.78, 5) is 18.6. The highest BCUT2D eigenvalue weighted by atomic mass is 35.5. The average Bonchev–Trinajstić information content (AvgIpc) is 3.68. The van der Waals surface area contributed by atoms with Crippen molar-refractivity contribution in [3.05, 3.63) is 71.8 Å². The zero-order valence-corrected chi connectivity index (χ0v) is 22.5. The number of anilines is 1. The molecular formula is C28H28ClN9O. The lowest BCUT2D eigenvalue weighted by Gasteiger charge is -2.32. The first kappa shape index (κ1) is 24.9. The van der Waals surface area contributed by atoms with E-state index in [0.717, 1.165) is 57.4 Å². The van der Waals surface area contributed by atoms with Crippen molar-refractivity contribution >= 4 is 34.2 Å². The van der Waals surface area contributed by atoms with Gasteiger partial charge >= 0.3 is 0 Å². The van der Waals surface area contributed by atoms with E-state index < -0.39 is 0 Å². The van der Waals surface area contributed by atoms with E-state index in [9.17, 15) is 4.79 Å². The van der Waals surface area contributed by atoms with Crippen molar-refractivity contribution in [1.29, 1.82) is 0 Å². The predicted molar refractivity (Wildman–Crippen MR) is 152 cm³/mol. The molecule has 1 aromatic carbocycles. The molecule has 11 heteroatoms. The monoisotopic (exact) mass is 541 g/mol. The fourth-order valence-corrected chi connectivity index (χ4v) is 5.66. The van der Waals surface area contributed by atoms with Crippen molar-refractivity contribution in [2.24, 2.45) is 0 Å². The summed E-state index contributed by atoms with van der Waals surface area (Å²) < 4.78 is 3.72. The van der Waals surface area contributed by atoms with E-state index in [0.29, 0.717) is 29.7 Å². The van der Waals surface area contributed by atoms with Gasteiger partial charge in [-0.3, -0.25) is 14.6 Å². The Morgan fingerprint density at radius 1 is 1.15 bits per heavy atom. The quantitative estimate of drug-likeness (QED) is 0.306. The van der Waals surface area contributed by atoms with Crippen molar-refractivity contribution < 1.29 is 4.79 Å². The molecule has 1 aliphatic heterocycles. The second-order valence-electron chi connectivity index (χ2n) is 9.82. The number of benzene rings is 1. The fraction of sp³-hybridized carbons (Fsp3) is 0.250. The van der Waals surface area contributed by atoms with Crippen molar-refractivity contribution in [1.82, 2.24) is 39.6 Å². The van der Waals surface area contributed by atoms with Crippen LogP contribution in [0, 0.1) is 13.8 Å². The van der Waals surface area contributed by atoms with E-state index in [4.69, 9.17) is 22.4 Å². The Kier molecular flexibility index (Phi) is 6.19. The summed E-state index contributed by atoms with van der Waals surface area (Å²) in [5.74, 6) is 1.04. The molecule has 0 bridgehead atoms. The summed E-state index contributed by atoms with van der Waals surface area (Å²) in [5, 5.41) is 18.4. The Balaban J connectivity index is 1.49. The number of hydrogen-bond acceptors (Lipinski definition) is 6. The zero-order chi connectivity index (χ0) is 27.3. The van der Waals surface area contributed by atoms with Crippen LogP contribution in [0.3, 0.4) is 0 Å². The molecular weight excluding hydrogens is 514 g/mol. The van der Waals surface area contributed by atoms with E-state index in [1.807, 2.05) is 30.0 Å². The first-order valence-corrected chi connectivity index (χ1v) is 13.1. The number of rotatable bonds is 5. The first-order valence-electron chi connectivity index (χ1n) is 12.8. The standard InChI is InChI=1S/C28H28ClN9O/c1-4-24(39)36-10-7-19(8-11-36)38-17(3)25(26-20-15-32-33-21(20)13-16(2)27(26)29)28(35-38)18-5-6-23(31-14-18)37-12-9-22(30)34-37/h4-6,9,12-15,19H,1,7-8,10-11H2,2-3H3,(H2,30,34)(H,32,33). The van der Waals surface area contributed by atoms with Gasteiger partial charge in [-0.05, 0) is 56.5 Å². The van der Waals surface area contributed by atoms with Crippen LogP contribution in [-0.2, 0) is 4.79 Å². The Labute approximate surface area is 230 Å². The number of piperidine rings is 1. The maximum atomic E-state index is 12.1. The van der Waals surface area contributed by atoms with Gasteiger partial charge in [0.05, 0.1) is 22.8 Å². The number of aromatic nitrogens is 7. The molecule has 0 unspecified atom stereocenters. The van der Waals surface area contributed by atoms with Crippen LogP contribution in [0.2, 0.25) is 5.02 Å². The maximum absolute atomic E-state index is 12.1. The Morgan fingerprint density at radius 3 is 2.62 bits per heavy atom. The van der Waals surface area contributed by atoms with Crippen LogP contribution in [0.25, 0.3) is 39.1 Å². The lowest BCUT2D eigenvalue weighted by molar-refractivity contribution is -0.127. The number of amides is 1. The number of nitrogens with two attached hydrogens (primary N) is 1. The van der Waals surface area contributed by atoms with Crippen molar-refractivity contribution in [2.75, 3.05) is 18.8 Å². The summed E-state index contributed by atoms with van der Waals surface area (Å²) in [6, 6.07) is 7.74. The molecule has 0 spiro atoms. The molecule has 6 rings (SSSR count). The molecule has 0 atom stereocenters. The summed E-state index contributed by atoms with van der Waals surface area (Å²) in [5.41, 5.74) is 12.1. The third-order valence-electron chi connectivity index (χ3n) is 7.43. The smallest absolute Gasteiger partial charge is 0.245 e. The molecule has 4 aromatic heterocycles. The largest absolute Gasteiger partial charge is 0.382 e. The minimum absolute atomic E-state index is 0.0361. The number of likely N-dealkylation sites (tertiary alicyclic amines) is 1. The maximum Gasteiger partial charge on any atom is 0.245 e. The molecule has 1 saturated heterocycles. The van der Waals surface area contributed by atoms with Crippen molar-refractivity contribution in [2.45, 2.75) is 32.7 Å². The van der Waals surface area contributed by atoms with Crippen LogP contribution in [0.15, 0.2) is 55.5 Å². The molecule has 3 N–H and O–H groups in total. The number of halogens is 1. The van der Waals surface area contributed by atoms with Crippen LogP contribution >= 0.6 is 11.6 Å². The Bertz CT molecular complexity index is 1710. The van der Waals surface area contributed by atoms with Gasteiger partial charge < -0.3 is 10.6 Å². The number of H-pyrrole nitrogens is 1. The van der Waals surface area contributed by atoms with Crippen molar-refractivity contribution in [3.63, 3.8) is 0 Å². The number of carbonyl (C=O) groups is 1. The third kappa shape index (κ3) is 4.26. The topological polar surface area (TPSA) is 124 Å². The summed E-state index contributed by atoms with van der Waals surface area (Å²) in [6.07, 6.45) is 8.33. The molecule has 1 fully saturated rings. The molecule has 198 valence electrons. The molecule has 0 radical (unpaired) electrons. The van der Waals surface area contributed by atoms with Crippen LogP contribution in [0.1, 0.15) is 30.1 Å².